The molecule has 0 aliphatic rings. The van der Waals surface area contributed by atoms with E-state index in [2.05, 4.69) is 10.6 Å². The van der Waals surface area contributed by atoms with E-state index in [1.807, 2.05) is 13.8 Å². The lowest BCUT2D eigenvalue weighted by molar-refractivity contribution is -0.384. The molecule has 0 fully saturated rings. The normalized spacial score (nSPS) is 12.7. The van der Waals surface area contributed by atoms with Crippen LogP contribution in [0.25, 0.3) is 0 Å². The summed E-state index contributed by atoms with van der Waals surface area (Å²) in [5.74, 6) is -0.865. The van der Waals surface area contributed by atoms with E-state index in [-0.39, 0.29) is 17.5 Å². The molecule has 0 heterocycles. The van der Waals surface area contributed by atoms with Crippen molar-refractivity contribution in [1.82, 2.24) is 5.32 Å². The fraction of sp³-hybridized carbons (Fsp3) is 0.263. The molecule has 2 aromatic carbocycles. The number of benzene rings is 2. The number of hydrogen-bond donors (Lipinski definition) is 2. The molecule has 2 amide bonds. The number of non-ortho nitro benzene ring substituents is 1. The first kappa shape index (κ1) is 19.1. The van der Waals surface area contributed by atoms with Crippen molar-refractivity contribution in [3.05, 3.63) is 70.3 Å². The van der Waals surface area contributed by atoms with Crippen LogP contribution in [0.2, 0.25) is 0 Å². The first-order valence-corrected chi connectivity index (χ1v) is 8.33. The first-order valence-electron chi connectivity index (χ1n) is 8.33. The topological polar surface area (TPSA) is 101 Å². The van der Waals surface area contributed by atoms with Crippen LogP contribution in [-0.4, -0.2) is 22.8 Å². The lowest BCUT2D eigenvalue weighted by Crippen LogP contribution is -2.47. The number of amides is 2. The summed E-state index contributed by atoms with van der Waals surface area (Å²) in [5.41, 5.74) is 0.659. The summed E-state index contributed by atoms with van der Waals surface area (Å²) in [6.45, 7) is 3.79. The summed E-state index contributed by atoms with van der Waals surface area (Å²) in [6, 6.07) is 13.6. The fourth-order valence-electron chi connectivity index (χ4n) is 2.43. The monoisotopic (exact) mass is 355 g/mol. The van der Waals surface area contributed by atoms with Crippen molar-refractivity contribution >= 4 is 23.2 Å². The minimum Gasteiger partial charge on any atom is -0.340 e. The van der Waals surface area contributed by atoms with Gasteiger partial charge >= 0.3 is 0 Å². The van der Waals surface area contributed by atoms with Gasteiger partial charge in [0.1, 0.15) is 6.04 Å². The number of anilines is 1. The van der Waals surface area contributed by atoms with E-state index in [0.29, 0.717) is 17.7 Å². The van der Waals surface area contributed by atoms with E-state index in [9.17, 15) is 19.7 Å². The fourth-order valence-corrected chi connectivity index (χ4v) is 2.43. The molecule has 2 rings (SSSR count). The lowest BCUT2D eigenvalue weighted by Gasteiger charge is -2.23. The zero-order valence-electron chi connectivity index (χ0n) is 14.6. The van der Waals surface area contributed by atoms with Crippen LogP contribution >= 0.6 is 0 Å². The number of carbonyl (C=O) groups is 2. The van der Waals surface area contributed by atoms with Crippen LogP contribution in [0, 0.1) is 16.0 Å². The Hall–Kier alpha value is -3.22. The molecule has 2 atom stereocenters. The molecular formula is C19H21N3O4. The molecule has 26 heavy (non-hydrogen) atoms. The minimum atomic E-state index is -0.757. The Kier molecular flexibility index (Phi) is 6.43. The van der Waals surface area contributed by atoms with E-state index in [1.165, 1.54) is 18.2 Å². The number of rotatable bonds is 7. The Morgan fingerprint density at radius 1 is 1.12 bits per heavy atom. The second-order valence-electron chi connectivity index (χ2n) is 6.00. The Bertz CT molecular complexity index is 792. The van der Waals surface area contributed by atoms with Crippen LogP contribution in [0.3, 0.4) is 0 Å². The molecule has 7 heteroatoms. The molecule has 0 aliphatic heterocycles. The molecular weight excluding hydrogens is 334 g/mol. The molecule has 2 aromatic rings. The van der Waals surface area contributed by atoms with Crippen molar-refractivity contribution in [1.29, 1.82) is 0 Å². The van der Waals surface area contributed by atoms with Gasteiger partial charge in [-0.3, -0.25) is 19.7 Å². The van der Waals surface area contributed by atoms with Crippen LogP contribution in [0.4, 0.5) is 11.4 Å². The summed E-state index contributed by atoms with van der Waals surface area (Å²) in [6.07, 6.45) is 0.683. The van der Waals surface area contributed by atoms with Gasteiger partial charge in [0.05, 0.1) is 4.92 Å². The zero-order valence-corrected chi connectivity index (χ0v) is 14.6. The standard InChI is InChI=1S/C19H21N3O4/c1-3-13(2)17(21-18(23)14-8-5-4-6-9-14)19(24)20-15-10-7-11-16(12-15)22(25)26/h4-13,17H,3H2,1-2H3,(H,20,24)(H,21,23). The SMILES string of the molecule is CCC(C)C(NC(=O)c1ccccc1)C(=O)Nc1cccc([N+](=O)[O-])c1. The van der Waals surface area contributed by atoms with Gasteiger partial charge < -0.3 is 10.6 Å². The molecule has 2 unspecified atom stereocenters. The number of nitrogens with zero attached hydrogens (tertiary/aromatic N) is 1. The van der Waals surface area contributed by atoms with E-state index in [1.54, 1.807) is 36.4 Å². The van der Waals surface area contributed by atoms with Gasteiger partial charge in [-0.05, 0) is 24.1 Å². The highest BCUT2D eigenvalue weighted by atomic mass is 16.6. The molecule has 0 bridgehead atoms. The molecule has 0 radical (unpaired) electrons. The quantitative estimate of drug-likeness (QED) is 0.587. The van der Waals surface area contributed by atoms with Crippen molar-refractivity contribution in [2.75, 3.05) is 5.32 Å². The van der Waals surface area contributed by atoms with Gasteiger partial charge in [0.2, 0.25) is 5.91 Å². The largest absolute Gasteiger partial charge is 0.340 e. The second kappa shape index (κ2) is 8.75. The van der Waals surface area contributed by atoms with Crippen LogP contribution in [-0.2, 0) is 4.79 Å². The van der Waals surface area contributed by atoms with Crippen LogP contribution in [0.5, 0.6) is 0 Å². The van der Waals surface area contributed by atoms with E-state index >= 15 is 0 Å². The van der Waals surface area contributed by atoms with Crippen LogP contribution in [0.15, 0.2) is 54.6 Å². The molecule has 0 aliphatic carbocycles. The highest BCUT2D eigenvalue weighted by molar-refractivity contribution is 6.01. The number of nitrogens with one attached hydrogen (secondary N) is 2. The summed E-state index contributed by atoms with van der Waals surface area (Å²) in [4.78, 5) is 35.4. The van der Waals surface area contributed by atoms with Crippen molar-refractivity contribution in [3.63, 3.8) is 0 Å². The predicted molar refractivity (Wildman–Crippen MR) is 98.9 cm³/mol. The average molecular weight is 355 g/mol. The Morgan fingerprint density at radius 2 is 1.81 bits per heavy atom. The summed E-state index contributed by atoms with van der Waals surface area (Å²) in [5, 5.41) is 16.3. The summed E-state index contributed by atoms with van der Waals surface area (Å²) < 4.78 is 0. The van der Waals surface area contributed by atoms with Crippen molar-refractivity contribution in [2.45, 2.75) is 26.3 Å². The molecule has 0 spiro atoms. The van der Waals surface area contributed by atoms with E-state index in [0.717, 1.165) is 0 Å². The van der Waals surface area contributed by atoms with Crippen LogP contribution in [0.1, 0.15) is 30.6 Å². The highest BCUT2D eigenvalue weighted by Crippen LogP contribution is 2.18. The Balaban J connectivity index is 2.15. The molecule has 0 saturated carbocycles. The minimum absolute atomic E-state index is 0.110. The Labute approximate surface area is 151 Å². The van der Waals surface area contributed by atoms with Gasteiger partial charge in [-0.25, -0.2) is 0 Å². The van der Waals surface area contributed by atoms with Crippen molar-refractivity contribution in [3.8, 4) is 0 Å². The molecule has 2 N–H and O–H groups in total. The van der Waals surface area contributed by atoms with E-state index < -0.39 is 16.9 Å². The summed E-state index contributed by atoms with van der Waals surface area (Å²) in [7, 11) is 0. The van der Waals surface area contributed by atoms with Crippen molar-refractivity contribution in [2.24, 2.45) is 5.92 Å². The zero-order chi connectivity index (χ0) is 19.1. The predicted octanol–water partition coefficient (Wildman–Crippen LogP) is 3.38. The number of hydrogen-bond acceptors (Lipinski definition) is 4. The van der Waals surface area contributed by atoms with Gasteiger partial charge in [0.15, 0.2) is 0 Å². The molecule has 0 saturated heterocycles. The third-order valence-electron chi connectivity index (χ3n) is 4.14. The maximum absolute atomic E-state index is 12.7. The second-order valence-corrected chi connectivity index (χ2v) is 6.00. The third-order valence-corrected chi connectivity index (χ3v) is 4.14. The summed E-state index contributed by atoms with van der Waals surface area (Å²) >= 11 is 0. The van der Waals surface area contributed by atoms with Gasteiger partial charge in [-0.1, -0.05) is 44.5 Å². The maximum Gasteiger partial charge on any atom is 0.271 e. The van der Waals surface area contributed by atoms with Gasteiger partial charge in [-0.2, -0.15) is 0 Å². The van der Waals surface area contributed by atoms with Gasteiger partial charge in [-0.15, -0.1) is 0 Å². The van der Waals surface area contributed by atoms with Gasteiger partial charge in [0, 0.05) is 23.4 Å². The first-order chi connectivity index (χ1) is 12.4. The van der Waals surface area contributed by atoms with Crippen molar-refractivity contribution < 1.29 is 14.5 Å². The van der Waals surface area contributed by atoms with Gasteiger partial charge in [0.25, 0.3) is 11.6 Å². The number of carbonyl (C=O) groups excluding carboxylic acids is 2. The van der Waals surface area contributed by atoms with E-state index in [4.69, 9.17) is 0 Å². The number of nitro groups is 1. The Morgan fingerprint density at radius 3 is 2.42 bits per heavy atom. The third kappa shape index (κ3) is 4.89. The average Bonchev–Trinajstić information content (AvgIpc) is 2.66. The smallest absolute Gasteiger partial charge is 0.271 e. The highest BCUT2D eigenvalue weighted by Gasteiger charge is 2.26. The lowest BCUT2D eigenvalue weighted by atomic mass is 9.97. The van der Waals surface area contributed by atoms with Crippen LogP contribution < -0.4 is 10.6 Å². The molecule has 136 valence electrons. The molecule has 7 nitrogen and oxygen atoms in total. The molecule has 0 aromatic heterocycles. The number of nitro benzene ring substituents is 1. The maximum atomic E-state index is 12.7.